The van der Waals surface area contributed by atoms with E-state index in [0.29, 0.717) is 16.4 Å². The van der Waals surface area contributed by atoms with Crippen LogP contribution in [0.25, 0.3) is 0 Å². The minimum Gasteiger partial charge on any atom is -0.452 e. The Hall–Kier alpha value is -1.99. The second-order valence-corrected chi connectivity index (χ2v) is 7.80. The van der Waals surface area contributed by atoms with Gasteiger partial charge >= 0.3 is 5.97 Å². The van der Waals surface area contributed by atoms with E-state index in [9.17, 15) is 9.59 Å². The number of nitrogens with zero attached hydrogens (tertiary/aromatic N) is 2. The number of thioether (sulfide) groups is 1. The van der Waals surface area contributed by atoms with Crippen molar-refractivity contribution in [3.05, 3.63) is 40.7 Å². The SMILES string of the molecule is Cc1nn(C)c(C)c1NC(=O)[C@H](C)OC(=O)[C@H](C)Sc1ccc(Cl)cc1. The molecule has 0 saturated heterocycles. The number of rotatable bonds is 6. The van der Waals surface area contributed by atoms with Gasteiger partial charge in [0.2, 0.25) is 0 Å². The molecule has 1 heterocycles. The molecule has 1 aromatic carbocycles. The number of aryl methyl sites for hydroxylation is 2. The summed E-state index contributed by atoms with van der Waals surface area (Å²) in [6.45, 7) is 6.96. The van der Waals surface area contributed by atoms with Crippen LogP contribution in [0.4, 0.5) is 5.69 Å². The van der Waals surface area contributed by atoms with Crippen molar-refractivity contribution in [3.63, 3.8) is 0 Å². The Balaban J connectivity index is 1.92. The molecule has 0 aliphatic carbocycles. The first-order valence-electron chi connectivity index (χ1n) is 8.12. The number of esters is 1. The van der Waals surface area contributed by atoms with E-state index in [4.69, 9.17) is 16.3 Å². The fraction of sp³-hybridized carbons (Fsp3) is 0.389. The van der Waals surface area contributed by atoms with Crippen molar-refractivity contribution in [1.29, 1.82) is 0 Å². The number of benzene rings is 1. The lowest BCUT2D eigenvalue weighted by Crippen LogP contribution is -2.32. The van der Waals surface area contributed by atoms with Gasteiger partial charge in [-0.1, -0.05) is 11.6 Å². The number of ether oxygens (including phenoxy) is 1. The molecule has 2 rings (SSSR count). The van der Waals surface area contributed by atoms with Crippen molar-refractivity contribution in [2.24, 2.45) is 7.05 Å². The van der Waals surface area contributed by atoms with Crippen LogP contribution in [0.15, 0.2) is 29.2 Å². The fourth-order valence-electron chi connectivity index (χ4n) is 2.27. The minimum atomic E-state index is -0.908. The van der Waals surface area contributed by atoms with E-state index in [1.807, 2.05) is 26.0 Å². The van der Waals surface area contributed by atoms with Crippen molar-refractivity contribution in [2.45, 2.75) is 43.9 Å². The number of carbonyl (C=O) groups excluding carboxylic acids is 2. The molecule has 6 nitrogen and oxygen atoms in total. The molecule has 0 fully saturated rings. The van der Waals surface area contributed by atoms with Crippen LogP contribution in [0.3, 0.4) is 0 Å². The zero-order chi connectivity index (χ0) is 19.4. The van der Waals surface area contributed by atoms with Gasteiger partial charge in [-0.05, 0) is 52.0 Å². The molecule has 0 spiro atoms. The maximum atomic E-state index is 12.3. The molecule has 140 valence electrons. The summed E-state index contributed by atoms with van der Waals surface area (Å²) in [5.74, 6) is -0.839. The number of nitrogens with one attached hydrogen (secondary N) is 1. The molecule has 1 amide bonds. The average Bonchev–Trinajstić information content (AvgIpc) is 2.82. The normalized spacial score (nSPS) is 13.2. The van der Waals surface area contributed by atoms with Gasteiger partial charge < -0.3 is 10.1 Å². The number of halogens is 1. The Kier molecular flexibility index (Phi) is 6.72. The molecule has 26 heavy (non-hydrogen) atoms. The van der Waals surface area contributed by atoms with E-state index >= 15 is 0 Å². The molecular formula is C18H22ClN3O3S. The van der Waals surface area contributed by atoms with Crippen LogP contribution >= 0.6 is 23.4 Å². The summed E-state index contributed by atoms with van der Waals surface area (Å²) in [5.41, 5.74) is 2.19. The topological polar surface area (TPSA) is 73.2 Å². The van der Waals surface area contributed by atoms with Crippen LogP contribution in [-0.4, -0.2) is 33.0 Å². The molecule has 0 radical (unpaired) electrons. The Bertz CT molecular complexity index is 805. The zero-order valence-electron chi connectivity index (χ0n) is 15.4. The molecule has 8 heteroatoms. The first kappa shape index (κ1) is 20.3. The van der Waals surface area contributed by atoms with E-state index in [1.165, 1.54) is 11.8 Å². The molecule has 0 aliphatic heterocycles. The highest BCUT2D eigenvalue weighted by atomic mass is 35.5. The molecule has 2 aromatic rings. The fourth-order valence-corrected chi connectivity index (χ4v) is 3.25. The molecule has 0 saturated carbocycles. The first-order valence-corrected chi connectivity index (χ1v) is 9.38. The van der Waals surface area contributed by atoms with Gasteiger partial charge in [0, 0.05) is 17.0 Å². The van der Waals surface area contributed by atoms with E-state index < -0.39 is 17.3 Å². The number of amides is 1. The third kappa shape index (κ3) is 5.02. The number of carbonyl (C=O) groups is 2. The van der Waals surface area contributed by atoms with E-state index in [0.717, 1.165) is 10.6 Å². The van der Waals surface area contributed by atoms with Gasteiger partial charge in [-0.2, -0.15) is 5.10 Å². The Morgan fingerprint density at radius 2 is 1.85 bits per heavy atom. The first-order chi connectivity index (χ1) is 12.2. The van der Waals surface area contributed by atoms with Crippen molar-refractivity contribution >= 4 is 40.9 Å². The molecule has 0 bridgehead atoms. The summed E-state index contributed by atoms with van der Waals surface area (Å²) in [4.78, 5) is 25.5. The molecule has 1 aromatic heterocycles. The number of hydrogen-bond acceptors (Lipinski definition) is 5. The second kappa shape index (κ2) is 8.60. The lowest BCUT2D eigenvalue weighted by molar-refractivity contribution is -0.152. The van der Waals surface area contributed by atoms with Crippen LogP contribution in [0.5, 0.6) is 0 Å². The predicted octanol–water partition coefficient (Wildman–Crippen LogP) is 3.74. The quantitative estimate of drug-likeness (QED) is 0.595. The smallest absolute Gasteiger partial charge is 0.319 e. The van der Waals surface area contributed by atoms with Gasteiger partial charge in [0.1, 0.15) is 5.25 Å². The minimum absolute atomic E-state index is 0.388. The van der Waals surface area contributed by atoms with Gasteiger partial charge in [0.05, 0.1) is 17.1 Å². The van der Waals surface area contributed by atoms with Crippen LogP contribution in [0, 0.1) is 13.8 Å². The molecular weight excluding hydrogens is 374 g/mol. The van der Waals surface area contributed by atoms with Crippen LogP contribution < -0.4 is 5.32 Å². The summed E-state index contributed by atoms with van der Waals surface area (Å²) < 4.78 is 6.99. The molecule has 2 atom stereocenters. The third-order valence-electron chi connectivity index (χ3n) is 3.88. The van der Waals surface area contributed by atoms with Crippen molar-refractivity contribution in [1.82, 2.24) is 9.78 Å². The second-order valence-electron chi connectivity index (χ2n) is 5.95. The van der Waals surface area contributed by atoms with E-state index in [-0.39, 0.29) is 5.91 Å². The largest absolute Gasteiger partial charge is 0.452 e. The third-order valence-corrected chi connectivity index (χ3v) is 5.22. The lowest BCUT2D eigenvalue weighted by Gasteiger charge is -2.16. The molecule has 0 aliphatic rings. The van der Waals surface area contributed by atoms with Crippen LogP contribution in [-0.2, 0) is 21.4 Å². The van der Waals surface area contributed by atoms with E-state index in [2.05, 4.69) is 10.4 Å². The Morgan fingerprint density at radius 3 is 2.38 bits per heavy atom. The van der Waals surface area contributed by atoms with Crippen molar-refractivity contribution in [3.8, 4) is 0 Å². The monoisotopic (exact) mass is 395 g/mol. The van der Waals surface area contributed by atoms with Gasteiger partial charge in [-0.15, -0.1) is 11.8 Å². The Labute approximate surface area is 162 Å². The predicted molar refractivity (Wildman–Crippen MR) is 104 cm³/mol. The molecule has 0 unspecified atom stereocenters. The summed E-state index contributed by atoms with van der Waals surface area (Å²) in [5, 5.41) is 7.21. The van der Waals surface area contributed by atoms with Gasteiger partial charge in [0.15, 0.2) is 6.10 Å². The Morgan fingerprint density at radius 1 is 1.23 bits per heavy atom. The van der Waals surface area contributed by atoms with Gasteiger partial charge in [-0.3, -0.25) is 14.3 Å². The maximum absolute atomic E-state index is 12.3. The number of anilines is 1. The highest BCUT2D eigenvalue weighted by Crippen LogP contribution is 2.26. The summed E-state index contributed by atoms with van der Waals surface area (Å²) in [7, 11) is 1.80. The van der Waals surface area contributed by atoms with Gasteiger partial charge in [-0.25, -0.2) is 0 Å². The lowest BCUT2D eigenvalue weighted by atomic mass is 10.3. The number of aromatic nitrogens is 2. The van der Waals surface area contributed by atoms with Crippen molar-refractivity contribution in [2.75, 3.05) is 5.32 Å². The molecule has 1 N–H and O–H groups in total. The average molecular weight is 396 g/mol. The van der Waals surface area contributed by atoms with E-state index in [1.54, 1.807) is 37.7 Å². The van der Waals surface area contributed by atoms with Crippen LogP contribution in [0.1, 0.15) is 25.2 Å². The summed E-state index contributed by atoms with van der Waals surface area (Å²) in [6, 6.07) is 7.19. The van der Waals surface area contributed by atoms with Crippen LogP contribution in [0.2, 0.25) is 5.02 Å². The zero-order valence-corrected chi connectivity index (χ0v) is 16.9. The van der Waals surface area contributed by atoms with Crippen molar-refractivity contribution < 1.29 is 14.3 Å². The maximum Gasteiger partial charge on any atom is 0.319 e. The summed E-state index contributed by atoms with van der Waals surface area (Å²) in [6.07, 6.45) is -0.908. The standard InChI is InChI=1S/C18H22ClN3O3S/c1-10-16(11(2)22(5)21-10)20-17(23)12(3)25-18(24)13(4)26-15-8-6-14(19)7-9-15/h6-9,12-13H,1-5H3,(H,20,23)/t12-,13-/m0/s1. The van der Waals surface area contributed by atoms with Gasteiger partial charge in [0.25, 0.3) is 5.91 Å². The highest BCUT2D eigenvalue weighted by Gasteiger charge is 2.24. The number of hydrogen-bond donors (Lipinski definition) is 1. The summed E-state index contributed by atoms with van der Waals surface area (Å²) >= 11 is 7.20. The highest BCUT2D eigenvalue weighted by molar-refractivity contribution is 8.00.